The lowest BCUT2D eigenvalue weighted by atomic mass is 10.0. The normalized spacial score (nSPS) is 13.5. The number of fused-ring (bicyclic) bond motifs is 1. The van der Waals surface area contributed by atoms with Crippen LogP contribution in [0.3, 0.4) is 0 Å². The molecule has 3 aromatic carbocycles. The first-order valence-corrected chi connectivity index (χ1v) is 13.7. The van der Waals surface area contributed by atoms with Crippen LogP contribution < -0.4 is 20.7 Å². The highest BCUT2D eigenvalue weighted by molar-refractivity contribution is 6.17. The lowest BCUT2D eigenvalue weighted by molar-refractivity contribution is -0.131. The molecule has 11 nitrogen and oxygen atoms in total. The molecule has 5 rings (SSSR count). The Morgan fingerprint density at radius 1 is 0.864 bits per heavy atom. The molecule has 4 N–H and O–H groups in total. The van der Waals surface area contributed by atoms with Crippen LogP contribution in [0.2, 0.25) is 0 Å². The van der Waals surface area contributed by atoms with Gasteiger partial charge in [-0.3, -0.25) is 19.9 Å². The summed E-state index contributed by atoms with van der Waals surface area (Å²) in [7, 11) is 0. The van der Waals surface area contributed by atoms with Crippen molar-refractivity contribution in [3.63, 3.8) is 0 Å². The highest BCUT2D eigenvalue weighted by atomic mass is 19.1. The number of benzene rings is 3. The van der Waals surface area contributed by atoms with E-state index in [1.54, 1.807) is 51.1 Å². The van der Waals surface area contributed by atoms with Crippen LogP contribution >= 0.6 is 0 Å². The molecule has 4 aromatic rings. The summed E-state index contributed by atoms with van der Waals surface area (Å²) >= 11 is 0. The molecule has 1 aliphatic carbocycles. The molecular weight excluding hydrogens is 571 g/mol. The molecule has 1 fully saturated rings. The number of carboxylic acids is 1. The smallest absolute Gasteiger partial charge is 0.412 e. The Balaban J connectivity index is 1.29. The number of nitrogens with one attached hydrogen (secondary N) is 3. The number of anilines is 3. The number of hydrogen-bond acceptors (Lipinski definition) is 7. The molecule has 12 heteroatoms. The van der Waals surface area contributed by atoms with Gasteiger partial charge in [-0.05, 0) is 100 Å². The Hall–Kier alpha value is -5.52. The van der Waals surface area contributed by atoms with E-state index in [1.807, 2.05) is 0 Å². The van der Waals surface area contributed by atoms with Crippen LogP contribution in [0.5, 0.6) is 11.5 Å². The predicted octanol–water partition coefficient (Wildman–Crippen LogP) is 6.57. The maximum absolute atomic E-state index is 13.2. The molecule has 0 aliphatic heterocycles. The van der Waals surface area contributed by atoms with Crippen LogP contribution in [0.15, 0.2) is 72.9 Å². The molecule has 3 amide bonds. The van der Waals surface area contributed by atoms with Crippen molar-refractivity contribution in [3.8, 4) is 11.5 Å². The molecule has 1 aromatic heterocycles. The average molecular weight is 601 g/mol. The van der Waals surface area contributed by atoms with Crippen LogP contribution in [-0.4, -0.2) is 39.6 Å². The average Bonchev–Trinajstić information content (AvgIpc) is 3.76. The first-order valence-electron chi connectivity index (χ1n) is 13.7. The molecule has 1 heterocycles. The minimum absolute atomic E-state index is 0.0174. The summed E-state index contributed by atoms with van der Waals surface area (Å²) < 4.78 is 24.4. The van der Waals surface area contributed by atoms with Crippen molar-refractivity contribution in [1.82, 2.24) is 4.98 Å². The van der Waals surface area contributed by atoms with Gasteiger partial charge in [-0.15, -0.1) is 0 Å². The number of aromatic carboxylic acids is 1. The fraction of sp³-hybridized carbons (Fsp3) is 0.219. The van der Waals surface area contributed by atoms with E-state index in [-0.39, 0.29) is 11.3 Å². The molecule has 226 valence electrons. The third-order valence-electron chi connectivity index (χ3n) is 6.77. The van der Waals surface area contributed by atoms with Gasteiger partial charge < -0.3 is 25.2 Å². The summed E-state index contributed by atoms with van der Waals surface area (Å²) in [5, 5.41) is 18.1. The van der Waals surface area contributed by atoms with Crippen molar-refractivity contribution in [1.29, 1.82) is 0 Å². The molecule has 1 saturated carbocycles. The molecule has 0 atom stereocenters. The molecule has 0 spiro atoms. The first-order chi connectivity index (χ1) is 20.8. The summed E-state index contributed by atoms with van der Waals surface area (Å²) in [6, 6.07) is 16.1. The Labute approximate surface area is 251 Å². The van der Waals surface area contributed by atoms with Gasteiger partial charge in [0.25, 0.3) is 0 Å². The minimum Gasteiger partial charge on any atom is -0.478 e. The fourth-order valence-corrected chi connectivity index (χ4v) is 4.40. The van der Waals surface area contributed by atoms with Gasteiger partial charge in [0.15, 0.2) is 0 Å². The predicted molar refractivity (Wildman–Crippen MR) is 160 cm³/mol. The van der Waals surface area contributed by atoms with Gasteiger partial charge in [0.2, 0.25) is 11.8 Å². The van der Waals surface area contributed by atoms with Crippen LogP contribution in [-0.2, 0) is 14.3 Å². The Bertz CT molecular complexity index is 1760. The van der Waals surface area contributed by atoms with E-state index in [9.17, 15) is 28.7 Å². The second-order valence-corrected chi connectivity index (χ2v) is 11.3. The van der Waals surface area contributed by atoms with Crippen LogP contribution in [0.25, 0.3) is 10.9 Å². The number of halogens is 1. The van der Waals surface area contributed by atoms with Crippen molar-refractivity contribution < 1.29 is 38.1 Å². The SMILES string of the molecule is CC(C)(C)OC(=O)Nc1cc2nccc(Oc3ccc(NC(=O)C4(C(=O)Nc5ccc(F)cc5)CC4)cc3)c2cc1C(=O)O. The highest BCUT2D eigenvalue weighted by Gasteiger charge is 2.56. The molecule has 0 saturated heterocycles. The van der Waals surface area contributed by atoms with Gasteiger partial charge in [0, 0.05) is 23.0 Å². The number of amides is 3. The van der Waals surface area contributed by atoms with Crippen molar-refractivity contribution in [2.45, 2.75) is 39.2 Å². The molecule has 0 radical (unpaired) electrons. The van der Waals surface area contributed by atoms with E-state index < -0.39 is 40.7 Å². The van der Waals surface area contributed by atoms with Crippen LogP contribution in [0.1, 0.15) is 44.0 Å². The number of rotatable bonds is 8. The number of carbonyl (C=O) groups excluding carboxylic acids is 3. The molecule has 1 aliphatic rings. The summed E-state index contributed by atoms with van der Waals surface area (Å²) in [4.78, 5) is 54.4. The maximum Gasteiger partial charge on any atom is 0.412 e. The Morgan fingerprint density at radius 3 is 2.00 bits per heavy atom. The fourth-order valence-electron chi connectivity index (χ4n) is 4.40. The number of ether oxygens (including phenoxy) is 2. The monoisotopic (exact) mass is 600 g/mol. The van der Waals surface area contributed by atoms with Gasteiger partial charge in [-0.2, -0.15) is 0 Å². The Kier molecular flexibility index (Phi) is 7.92. The van der Waals surface area contributed by atoms with Gasteiger partial charge in [-0.25, -0.2) is 14.0 Å². The standard InChI is InChI=1S/C32H29FN4O7/c1-31(2,3)44-30(42)37-25-17-24-22(16-23(25)27(38)39)26(12-15-34-24)43-21-10-8-20(9-11-21)36-29(41)32(13-14-32)28(40)35-19-6-4-18(33)5-7-19/h4-12,15-17H,13-14H2,1-3H3,(H,35,40)(H,36,41)(H,37,42)(H,38,39). The molecular formula is C32H29FN4O7. The van der Waals surface area contributed by atoms with Crippen LogP contribution in [0, 0.1) is 11.2 Å². The number of nitrogens with zero attached hydrogens (tertiary/aromatic N) is 1. The zero-order valence-corrected chi connectivity index (χ0v) is 24.1. The molecule has 0 bridgehead atoms. The lowest BCUT2D eigenvalue weighted by Gasteiger charge is -2.20. The largest absolute Gasteiger partial charge is 0.478 e. The quantitative estimate of drug-likeness (QED) is 0.166. The lowest BCUT2D eigenvalue weighted by Crippen LogP contribution is -2.35. The van der Waals surface area contributed by atoms with E-state index >= 15 is 0 Å². The van der Waals surface area contributed by atoms with E-state index in [2.05, 4.69) is 20.9 Å². The van der Waals surface area contributed by atoms with Gasteiger partial charge in [0.05, 0.1) is 16.8 Å². The minimum atomic E-state index is -1.27. The number of carboxylic acid groups (broad SMARTS) is 1. The number of carbonyl (C=O) groups is 4. The third kappa shape index (κ3) is 6.75. The topological polar surface area (TPSA) is 156 Å². The number of aromatic nitrogens is 1. The third-order valence-corrected chi connectivity index (χ3v) is 6.77. The van der Waals surface area contributed by atoms with Crippen LogP contribution in [0.4, 0.5) is 26.2 Å². The zero-order chi connectivity index (χ0) is 31.6. The van der Waals surface area contributed by atoms with Crippen molar-refractivity contribution >= 4 is 51.8 Å². The highest BCUT2D eigenvalue weighted by Crippen LogP contribution is 2.47. The first kappa shape index (κ1) is 30.0. The summed E-state index contributed by atoms with van der Waals surface area (Å²) in [5.74, 6) is -1.92. The second kappa shape index (κ2) is 11.6. The van der Waals surface area contributed by atoms with Crippen molar-refractivity contribution in [3.05, 3.63) is 84.3 Å². The van der Waals surface area contributed by atoms with Crippen molar-refractivity contribution in [2.75, 3.05) is 16.0 Å². The second-order valence-electron chi connectivity index (χ2n) is 11.3. The number of pyridine rings is 1. The maximum atomic E-state index is 13.2. The molecule has 44 heavy (non-hydrogen) atoms. The van der Waals surface area contributed by atoms with Crippen molar-refractivity contribution in [2.24, 2.45) is 5.41 Å². The van der Waals surface area contributed by atoms with E-state index in [0.29, 0.717) is 46.6 Å². The summed E-state index contributed by atoms with van der Waals surface area (Å²) in [5.41, 5.74) is -0.948. The van der Waals surface area contributed by atoms with Gasteiger partial charge in [-0.1, -0.05) is 0 Å². The molecule has 0 unspecified atom stereocenters. The van der Waals surface area contributed by atoms with E-state index in [4.69, 9.17) is 9.47 Å². The van der Waals surface area contributed by atoms with E-state index in [0.717, 1.165) is 0 Å². The Morgan fingerprint density at radius 2 is 1.45 bits per heavy atom. The van der Waals surface area contributed by atoms with Gasteiger partial charge >= 0.3 is 12.1 Å². The van der Waals surface area contributed by atoms with Gasteiger partial charge in [0.1, 0.15) is 28.3 Å². The summed E-state index contributed by atoms with van der Waals surface area (Å²) in [6.07, 6.45) is 1.45. The number of hydrogen-bond donors (Lipinski definition) is 4. The summed E-state index contributed by atoms with van der Waals surface area (Å²) in [6.45, 7) is 5.07. The zero-order valence-electron chi connectivity index (χ0n) is 24.1. The van der Waals surface area contributed by atoms with E-state index in [1.165, 1.54) is 42.6 Å².